The topological polar surface area (TPSA) is 38.8 Å². The summed E-state index contributed by atoms with van der Waals surface area (Å²) in [5, 5.41) is 3.28. The first-order valence-electron chi connectivity index (χ1n) is 14.5. The standard InChI is InChI=1S/C31H41F3N4O/c1-21-25(12-13-27(32)30(21)33)31(34)38(17-16-36(2)24-7-3-4-8-24)29(39)18-35-28-9-5-6-23-20-37(15-14-26(23)28)19-22-10-11-22/h5-6,9,12-13,22,24,31,35H,3-4,7-8,10-11,14-20H2,1-2H3. The van der Waals surface area contributed by atoms with Gasteiger partial charge in [0.1, 0.15) is 0 Å². The number of carbonyl (C=O) groups is 1. The van der Waals surface area contributed by atoms with Crippen LogP contribution in [0.4, 0.5) is 18.9 Å². The lowest BCUT2D eigenvalue weighted by Crippen LogP contribution is -2.43. The molecule has 2 fully saturated rings. The summed E-state index contributed by atoms with van der Waals surface area (Å²) in [5.74, 6) is -1.66. The van der Waals surface area contributed by atoms with Crippen molar-refractivity contribution < 1.29 is 18.0 Å². The summed E-state index contributed by atoms with van der Waals surface area (Å²) in [5.41, 5.74) is 3.28. The molecule has 0 saturated heterocycles. The molecule has 1 heterocycles. The second-order valence-electron chi connectivity index (χ2n) is 11.6. The fourth-order valence-electron chi connectivity index (χ4n) is 6.18. The second kappa shape index (κ2) is 12.3. The van der Waals surface area contributed by atoms with E-state index in [2.05, 4.69) is 21.2 Å². The minimum absolute atomic E-state index is 0.0152. The SMILES string of the molecule is Cc1c(C(F)N(CCN(C)C2CCCC2)C(=O)CNc2cccc3c2CCN(CC2CC2)C3)ccc(F)c1F. The number of fused-ring (bicyclic) bond motifs is 1. The van der Waals surface area contributed by atoms with Gasteiger partial charge in [-0.2, -0.15) is 0 Å². The third-order valence-corrected chi connectivity index (χ3v) is 8.86. The number of hydrogen-bond donors (Lipinski definition) is 1. The van der Waals surface area contributed by atoms with Crippen LogP contribution in [-0.2, 0) is 17.8 Å². The van der Waals surface area contributed by atoms with Crippen LogP contribution in [0.3, 0.4) is 0 Å². The first-order valence-corrected chi connectivity index (χ1v) is 14.5. The largest absolute Gasteiger partial charge is 0.376 e. The molecule has 1 aliphatic heterocycles. The van der Waals surface area contributed by atoms with E-state index in [1.807, 2.05) is 19.2 Å². The lowest BCUT2D eigenvalue weighted by molar-refractivity contribution is -0.136. The van der Waals surface area contributed by atoms with Gasteiger partial charge < -0.3 is 15.1 Å². The Balaban J connectivity index is 1.29. The molecule has 1 N–H and O–H groups in total. The molecule has 0 spiro atoms. The van der Waals surface area contributed by atoms with Gasteiger partial charge >= 0.3 is 0 Å². The van der Waals surface area contributed by atoms with E-state index in [-0.39, 0.29) is 24.2 Å². The van der Waals surface area contributed by atoms with Crippen molar-refractivity contribution in [1.29, 1.82) is 0 Å². The number of nitrogens with zero attached hydrogens (tertiary/aromatic N) is 3. The monoisotopic (exact) mass is 542 g/mol. The number of carbonyl (C=O) groups excluding carboxylic acids is 1. The summed E-state index contributed by atoms with van der Waals surface area (Å²) in [6, 6.07) is 8.73. The lowest BCUT2D eigenvalue weighted by Gasteiger charge is -2.32. The van der Waals surface area contributed by atoms with Crippen LogP contribution < -0.4 is 5.32 Å². The van der Waals surface area contributed by atoms with Crippen LogP contribution in [0, 0.1) is 24.5 Å². The van der Waals surface area contributed by atoms with Crippen LogP contribution in [-0.4, -0.2) is 66.4 Å². The summed E-state index contributed by atoms with van der Waals surface area (Å²) < 4.78 is 44.0. The Labute approximate surface area is 230 Å². The molecule has 2 aromatic carbocycles. The van der Waals surface area contributed by atoms with Gasteiger partial charge in [0.15, 0.2) is 11.6 Å². The number of benzene rings is 2. The van der Waals surface area contributed by atoms with Gasteiger partial charge in [-0.3, -0.25) is 9.69 Å². The Hall–Kier alpha value is -2.58. The number of anilines is 1. The number of rotatable bonds is 11. The van der Waals surface area contributed by atoms with Gasteiger partial charge in [0, 0.05) is 50.0 Å². The van der Waals surface area contributed by atoms with E-state index < -0.39 is 23.8 Å². The fraction of sp³-hybridized carbons (Fsp3) is 0.581. The van der Waals surface area contributed by atoms with Gasteiger partial charge in [-0.1, -0.05) is 31.0 Å². The van der Waals surface area contributed by atoms with E-state index in [0.29, 0.717) is 12.6 Å². The van der Waals surface area contributed by atoms with Gasteiger partial charge in [-0.15, -0.1) is 0 Å². The quantitative estimate of drug-likeness (QED) is 0.363. The van der Waals surface area contributed by atoms with E-state index in [1.54, 1.807) is 0 Å². The Kier molecular flexibility index (Phi) is 8.82. The lowest BCUT2D eigenvalue weighted by atomic mass is 9.97. The average molecular weight is 543 g/mol. The molecule has 8 heteroatoms. The third kappa shape index (κ3) is 6.60. The number of alkyl halides is 1. The van der Waals surface area contributed by atoms with Crippen LogP contribution in [0.5, 0.6) is 0 Å². The predicted octanol–water partition coefficient (Wildman–Crippen LogP) is 5.82. The van der Waals surface area contributed by atoms with Crippen molar-refractivity contribution >= 4 is 11.6 Å². The van der Waals surface area contributed by atoms with Crippen molar-refractivity contribution in [2.45, 2.75) is 70.8 Å². The zero-order valence-corrected chi connectivity index (χ0v) is 23.2. The van der Waals surface area contributed by atoms with Crippen LogP contribution in [0.1, 0.15) is 67.1 Å². The van der Waals surface area contributed by atoms with Crippen LogP contribution in [0.25, 0.3) is 0 Å². The molecule has 3 aliphatic rings. The molecule has 1 unspecified atom stereocenters. The van der Waals surface area contributed by atoms with E-state index >= 15 is 4.39 Å². The molecule has 1 amide bonds. The van der Waals surface area contributed by atoms with Crippen molar-refractivity contribution in [1.82, 2.24) is 14.7 Å². The molecular formula is C31H41F3N4O. The minimum Gasteiger partial charge on any atom is -0.376 e. The van der Waals surface area contributed by atoms with Gasteiger partial charge in [0.2, 0.25) is 12.2 Å². The number of amides is 1. The number of hydrogen-bond acceptors (Lipinski definition) is 4. The van der Waals surface area contributed by atoms with Crippen molar-refractivity contribution in [3.8, 4) is 0 Å². The Bertz CT molecular complexity index is 1160. The second-order valence-corrected chi connectivity index (χ2v) is 11.6. The average Bonchev–Trinajstić information content (AvgIpc) is 3.57. The highest BCUT2D eigenvalue weighted by molar-refractivity contribution is 5.81. The van der Waals surface area contributed by atoms with Gasteiger partial charge in [0.05, 0.1) is 6.54 Å². The molecule has 212 valence electrons. The number of likely N-dealkylation sites (N-methyl/N-ethyl adjacent to an activating group) is 1. The van der Waals surface area contributed by atoms with Crippen LogP contribution in [0.2, 0.25) is 0 Å². The predicted molar refractivity (Wildman–Crippen MR) is 148 cm³/mol. The highest BCUT2D eigenvalue weighted by Gasteiger charge is 2.30. The summed E-state index contributed by atoms with van der Waals surface area (Å²) in [4.78, 5) is 19.4. The van der Waals surface area contributed by atoms with Crippen molar-refractivity contribution in [2.75, 3.05) is 45.1 Å². The maximum atomic E-state index is 16.0. The maximum absolute atomic E-state index is 16.0. The van der Waals surface area contributed by atoms with E-state index in [0.717, 1.165) is 56.6 Å². The third-order valence-electron chi connectivity index (χ3n) is 8.86. The molecule has 0 bridgehead atoms. The Morgan fingerprint density at radius 1 is 1.10 bits per heavy atom. The summed E-state index contributed by atoms with van der Waals surface area (Å²) in [6.07, 6.45) is 6.28. The van der Waals surface area contributed by atoms with Gasteiger partial charge in [-0.05, 0) is 80.8 Å². The van der Waals surface area contributed by atoms with Crippen LogP contribution >= 0.6 is 0 Å². The molecule has 39 heavy (non-hydrogen) atoms. The first kappa shape index (κ1) is 28.0. The Morgan fingerprint density at radius 2 is 1.87 bits per heavy atom. The molecule has 2 saturated carbocycles. The van der Waals surface area contributed by atoms with Crippen molar-refractivity contribution in [3.05, 3.63) is 64.2 Å². The molecular weight excluding hydrogens is 501 g/mol. The zero-order valence-electron chi connectivity index (χ0n) is 23.2. The van der Waals surface area contributed by atoms with Crippen molar-refractivity contribution in [3.63, 3.8) is 0 Å². The minimum atomic E-state index is -1.87. The first-order chi connectivity index (χ1) is 18.8. The zero-order chi connectivity index (χ0) is 27.5. The molecule has 5 rings (SSSR count). The summed E-state index contributed by atoms with van der Waals surface area (Å²) >= 11 is 0. The highest BCUT2D eigenvalue weighted by atomic mass is 19.2. The summed E-state index contributed by atoms with van der Waals surface area (Å²) in [7, 11) is 2.01. The molecule has 1 atom stereocenters. The van der Waals surface area contributed by atoms with E-state index in [4.69, 9.17) is 0 Å². The van der Waals surface area contributed by atoms with Gasteiger partial charge in [0.25, 0.3) is 0 Å². The summed E-state index contributed by atoms with van der Waals surface area (Å²) in [6.45, 7) is 5.02. The highest BCUT2D eigenvalue weighted by Crippen LogP contribution is 2.33. The van der Waals surface area contributed by atoms with E-state index in [9.17, 15) is 13.6 Å². The number of nitrogens with one attached hydrogen (secondary N) is 1. The molecule has 0 radical (unpaired) electrons. The molecule has 5 nitrogen and oxygen atoms in total. The molecule has 2 aliphatic carbocycles. The fourth-order valence-corrected chi connectivity index (χ4v) is 6.18. The van der Waals surface area contributed by atoms with E-state index in [1.165, 1.54) is 54.7 Å². The number of halogens is 3. The molecule has 0 aromatic heterocycles. The smallest absolute Gasteiger partial charge is 0.244 e. The van der Waals surface area contributed by atoms with Gasteiger partial charge in [-0.25, -0.2) is 13.2 Å². The normalized spacial score (nSPS) is 18.8. The van der Waals surface area contributed by atoms with Crippen molar-refractivity contribution in [2.24, 2.45) is 5.92 Å². The van der Waals surface area contributed by atoms with Crippen LogP contribution in [0.15, 0.2) is 30.3 Å². The molecule has 2 aromatic rings. The Morgan fingerprint density at radius 3 is 2.62 bits per heavy atom. The maximum Gasteiger partial charge on any atom is 0.244 e.